The molecule has 0 bridgehead atoms. The molecule has 0 aliphatic heterocycles. The number of thiazole rings is 1. The molecule has 2 unspecified atom stereocenters. The van der Waals surface area contributed by atoms with Gasteiger partial charge in [0.25, 0.3) is 0 Å². The van der Waals surface area contributed by atoms with Crippen molar-refractivity contribution in [3.05, 3.63) is 15.6 Å². The second kappa shape index (κ2) is 8.10. The monoisotopic (exact) mass is 350 g/mol. The first kappa shape index (κ1) is 17.4. The third kappa shape index (κ3) is 4.35. The molecule has 3 rings (SSSR count). The van der Waals surface area contributed by atoms with Gasteiger partial charge in [-0.15, -0.1) is 11.3 Å². The quantitative estimate of drug-likeness (QED) is 0.773. The van der Waals surface area contributed by atoms with Crippen LogP contribution in [0.3, 0.4) is 0 Å². The summed E-state index contributed by atoms with van der Waals surface area (Å²) in [6.07, 6.45) is 9.48. The minimum atomic E-state index is -0.764. The summed E-state index contributed by atoms with van der Waals surface area (Å²) in [4.78, 5) is 29.5. The lowest BCUT2D eigenvalue weighted by molar-refractivity contribution is -0.144. The van der Waals surface area contributed by atoms with Gasteiger partial charge in [0.2, 0.25) is 5.91 Å². The number of hydrogen-bond acceptors (Lipinski definition) is 4. The van der Waals surface area contributed by atoms with Gasteiger partial charge in [-0.2, -0.15) is 0 Å². The molecule has 0 saturated heterocycles. The maximum atomic E-state index is 12.2. The summed E-state index contributed by atoms with van der Waals surface area (Å²) in [5.41, 5.74) is 1.30. The molecular weight excluding hydrogens is 324 g/mol. The van der Waals surface area contributed by atoms with Gasteiger partial charge in [0, 0.05) is 23.8 Å². The maximum Gasteiger partial charge on any atom is 0.306 e. The summed E-state index contributed by atoms with van der Waals surface area (Å²) >= 11 is 1.84. The Bertz CT molecular complexity index is 576. The van der Waals surface area contributed by atoms with Gasteiger partial charge in [0.15, 0.2) is 0 Å². The number of nitrogens with one attached hydrogen (secondary N) is 1. The van der Waals surface area contributed by atoms with Crippen LogP contribution < -0.4 is 5.32 Å². The minimum absolute atomic E-state index is 0.0272. The normalized spacial score (nSPS) is 23.5. The average molecular weight is 350 g/mol. The van der Waals surface area contributed by atoms with Crippen LogP contribution >= 0.6 is 11.3 Å². The van der Waals surface area contributed by atoms with E-state index in [0.29, 0.717) is 19.4 Å². The van der Waals surface area contributed by atoms with Crippen LogP contribution in [-0.4, -0.2) is 28.5 Å². The van der Waals surface area contributed by atoms with Gasteiger partial charge in [-0.05, 0) is 51.4 Å². The van der Waals surface area contributed by atoms with Crippen molar-refractivity contribution in [2.24, 2.45) is 11.8 Å². The van der Waals surface area contributed by atoms with Crippen LogP contribution in [-0.2, 0) is 28.9 Å². The van der Waals surface area contributed by atoms with Crippen molar-refractivity contribution < 1.29 is 14.7 Å². The Hall–Kier alpha value is -1.43. The van der Waals surface area contributed by atoms with E-state index in [9.17, 15) is 9.59 Å². The zero-order valence-corrected chi connectivity index (χ0v) is 14.9. The molecule has 1 amide bonds. The fourth-order valence-corrected chi connectivity index (χ4v) is 4.96. The Labute approximate surface area is 146 Å². The van der Waals surface area contributed by atoms with Crippen LogP contribution in [0.25, 0.3) is 0 Å². The van der Waals surface area contributed by atoms with E-state index in [-0.39, 0.29) is 17.7 Å². The molecule has 1 saturated carbocycles. The lowest BCUT2D eigenvalue weighted by Crippen LogP contribution is -2.36. The number of aromatic nitrogens is 1. The SMILES string of the molecule is O=C(O)C1CCCC(C(=O)NCCCc2nc3c(s2)CCCC3)C1. The molecule has 5 nitrogen and oxygen atoms in total. The number of fused-ring (bicyclic) bond motifs is 1. The van der Waals surface area contributed by atoms with E-state index >= 15 is 0 Å². The van der Waals surface area contributed by atoms with Crippen molar-refractivity contribution in [3.8, 4) is 0 Å². The topological polar surface area (TPSA) is 79.3 Å². The number of hydrogen-bond donors (Lipinski definition) is 2. The highest BCUT2D eigenvalue weighted by atomic mass is 32.1. The highest BCUT2D eigenvalue weighted by Gasteiger charge is 2.30. The van der Waals surface area contributed by atoms with E-state index in [2.05, 4.69) is 5.32 Å². The van der Waals surface area contributed by atoms with Gasteiger partial charge in [-0.25, -0.2) is 4.98 Å². The molecule has 2 aliphatic rings. The molecule has 1 aromatic rings. The number of aliphatic carboxylic acids is 1. The zero-order chi connectivity index (χ0) is 16.9. The summed E-state index contributed by atoms with van der Waals surface area (Å²) in [5.74, 6) is -1.22. The summed E-state index contributed by atoms with van der Waals surface area (Å²) in [5, 5.41) is 13.3. The van der Waals surface area contributed by atoms with Crippen molar-refractivity contribution in [2.75, 3.05) is 6.54 Å². The predicted molar refractivity (Wildman–Crippen MR) is 93.2 cm³/mol. The van der Waals surface area contributed by atoms with Crippen molar-refractivity contribution in [1.29, 1.82) is 0 Å². The van der Waals surface area contributed by atoms with E-state index < -0.39 is 5.97 Å². The molecule has 0 spiro atoms. The Balaban J connectivity index is 1.39. The van der Waals surface area contributed by atoms with E-state index in [1.807, 2.05) is 11.3 Å². The van der Waals surface area contributed by atoms with Gasteiger partial charge in [-0.3, -0.25) is 9.59 Å². The number of carboxylic acids is 1. The van der Waals surface area contributed by atoms with E-state index in [1.165, 1.54) is 34.8 Å². The summed E-state index contributed by atoms with van der Waals surface area (Å²) in [6.45, 7) is 0.650. The lowest BCUT2D eigenvalue weighted by Gasteiger charge is -2.25. The smallest absolute Gasteiger partial charge is 0.306 e. The van der Waals surface area contributed by atoms with Crippen molar-refractivity contribution >= 4 is 23.2 Å². The molecule has 1 aromatic heterocycles. The van der Waals surface area contributed by atoms with Gasteiger partial charge in [0.05, 0.1) is 16.6 Å². The van der Waals surface area contributed by atoms with Crippen molar-refractivity contribution in [3.63, 3.8) is 0 Å². The molecule has 1 heterocycles. The molecule has 6 heteroatoms. The molecule has 2 N–H and O–H groups in total. The first-order valence-corrected chi connectivity index (χ1v) is 9.93. The predicted octanol–water partition coefficient (Wildman–Crippen LogP) is 2.96. The van der Waals surface area contributed by atoms with Crippen LogP contribution in [0.2, 0.25) is 0 Å². The van der Waals surface area contributed by atoms with Gasteiger partial charge in [0.1, 0.15) is 0 Å². The van der Waals surface area contributed by atoms with Crippen LogP contribution in [0, 0.1) is 11.8 Å². The first-order chi connectivity index (χ1) is 11.6. The molecule has 132 valence electrons. The zero-order valence-electron chi connectivity index (χ0n) is 14.1. The largest absolute Gasteiger partial charge is 0.481 e. The van der Waals surface area contributed by atoms with Crippen molar-refractivity contribution in [1.82, 2.24) is 10.3 Å². The van der Waals surface area contributed by atoms with Gasteiger partial charge >= 0.3 is 5.97 Å². The molecule has 2 atom stereocenters. The van der Waals surface area contributed by atoms with Crippen LogP contribution in [0.15, 0.2) is 0 Å². The fraction of sp³-hybridized carbons (Fsp3) is 0.722. The first-order valence-electron chi connectivity index (χ1n) is 9.11. The number of carboxylic acid groups (broad SMARTS) is 1. The van der Waals surface area contributed by atoms with Crippen LogP contribution in [0.1, 0.15) is 60.5 Å². The fourth-order valence-electron chi connectivity index (χ4n) is 3.76. The molecule has 0 aromatic carbocycles. The second-order valence-corrected chi connectivity index (χ2v) is 8.15. The Morgan fingerprint density at radius 1 is 1.17 bits per heavy atom. The Morgan fingerprint density at radius 3 is 2.75 bits per heavy atom. The van der Waals surface area contributed by atoms with Crippen molar-refractivity contribution in [2.45, 2.75) is 64.2 Å². The molecule has 0 radical (unpaired) electrons. The number of amides is 1. The Kier molecular flexibility index (Phi) is 5.87. The molecule has 1 fully saturated rings. The number of rotatable bonds is 6. The molecular formula is C18H26N2O3S. The Morgan fingerprint density at radius 2 is 1.96 bits per heavy atom. The summed E-state index contributed by atoms with van der Waals surface area (Å²) in [7, 11) is 0. The number of carbonyl (C=O) groups excluding carboxylic acids is 1. The summed E-state index contributed by atoms with van der Waals surface area (Å²) < 4.78 is 0. The number of aryl methyl sites for hydroxylation is 3. The third-order valence-electron chi connectivity index (χ3n) is 5.15. The minimum Gasteiger partial charge on any atom is -0.481 e. The van der Waals surface area contributed by atoms with Crippen LogP contribution in [0.4, 0.5) is 0 Å². The standard InChI is InChI=1S/C18H26N2O3S/c21-17(12-5-3-6-13(11-12)18(22)23)19-10-4-9-16-20-14-7-1-2-8-15(14)24-16/h12-13H,1-11H2,(H,19,21)(H,22,23). The molecule has 24 heavy (non-hydrogen) atoms. The number of nitrogens with zero attached hydrogens (tertiary/aromatic N) is 1. The van der Waals surface area contributed by atoms with Gasteiger partial charge in [-0.1, -0.05) is 6.42 Å². The molecule has 2 aliphatic carbocycles. The third-order valence-corrected chi connectivity index (χ3v) is 6.37. The number of carbonyl (C=O) groups is 2. The van der Waals surface area contributed by atoms with E-state index in [4.69, 9.17) is 10.1 Å². The van der Waals surface area contributed by atoms with E-state index in [1.54, 1.807) is 0 Å². The lowest BCUT2D eigenvalue weighted by atomic mass is 9.81. The summed E-state index contributed by atoms with van der Waals surface area (Å²) in [6, 6.07) is 0. The highest BCUT2D eigenvalue weighted by Crippen LogP contribution is 2.29. The highest BCUT2D eigenvalue weighted by molar-refractivity contribution is 7.11. The van der Waals surface area contributed by atoms with Gasteiger partial charge < -0.3 is 10.4 Å². The second-order valence-electron chi connectivity index (χ2n) is 6.98. The average Bonchev–Trinajstić information content (AvgIpc) is 3.01. The van der Waals surface area contributed by atoms with Crippen LogP contribution in [0.5, 0.6) is 0 Å². The maximum absolute atomic E-state index is 12.2. The van der Waals surface area contributed by atoms with E-state index in [0.717, 1.165) is 32.1 Å².